The third-order valence-electron chi connectivity index (χ3n) is 3.52. The van der Waals surface area contributed by atoms with Gasteiger partial charge >= 0.3 is 0 Å². The van der Waals surface area contributed by atoms with E-state index in [0.29, 0.717) is 0 Å². The maximum Gasteiger partial charge on any atom is 0.248 e. The molecular formula is C16H23ClN4O. The number of benzene rings is 1. The molecular weight excluding hydrogens is 300 g/mol. The molecule has 0 aliphatic carbocycles. The minimum absolute atomic E-state index is 0. The number of carbonyl (C=O) groups is 1. The number of amides is 1. The SMILES string of the molecule is CNC(C(=O)N(C)c1cc(C)cc(C)c1)c1cnn(C)c1.Cl. The number of nitrogens with one attached hydrogen (secondary N) is 1. The first kappa shape index (κ1) is 18.2. The van der Waals surface area contributed by atoms with E-state index < -0.39 is 6.04 Å². The molecule has 0 radical (unpaired) electrons. The van der Waals surface area contributed by atoms with Gasteiger partial charge in [-0.15, -0.1) is 12.4 Å². The lowest BCUT2D eigenvalue weighted by Gasteiger charge is -2.23. The van der Waals surface area contributed by atoms with Crippen molar-refractivity contribution in [3.63, 3.8) is 0 Å². The van der Waals surface area contributed by atoms with E-state index >= 15 is 0 Å². The second kappa shape index (κ2) is 7.42. The summed E-state index contributed by atoms with van der Waals surface area (Å²) in [6.45, 7) is 4.07. The average molecular weight is 323 g/mol. The van der Waals surface area contributed by atoms with Crippen molar-refractivity contribution in [2.45, 2.75) is 19.9 Å². The summed E-state index contributed by atoms with van der Waals surface area (Å²) in [5.74, 6) is -0.00417. The van der Waals surface area contributed by atoms with E-state index in [0.717, 1.165) is 22.4 Å². The van der Waals surface area contributed by atoms with Gasteiger partial charge in [-0.1, -0.05) is 6.07 Å². The summed E-state index contributed by atoms with van der Waals surface area (Å²) in [5, 5.41) is 7.20. The Bertz CT molecular complexity index is 633. The van der Waals surface area contributed by atoms with Crippen molar-refractivity contribution < 1.29 is 4.79 Å². The summed E-state index contributed by atoms with van der Waals surface area (Å²) in [5.41, 5.74) is 4.06. The number of nitrogens with zero attached hydrogens (tertiary/aromatic N) is 3. The van der Waals surface area contributed by atoms with Crippen LogP contribution < -0.4 is 10.2 Å². The molecule has 1 atom stereocenters. The lowest BCUT2D eigenvalue weighted by Crippen LogP contribution is -2.37. The number of halogens is 1. The number of aryl methyl sites for hydroxylation is 3. The second-order valence-corrected chi connectivity index (χ2v) is 5.41. The monoisotopic (exact) mass is 322 g/mol. The zero-order valence-electron chi connectivity index (χ0n) is 13.6. The van der Waals surface area contributed by atoms with Crippen LogP contribution in [0.4, 0.5) is 5.69 Å². The molecule has 1 aromatic heterocycles. The maximum atomic E-state index is 12.7. The molecule has 0 aliphatic rings. The van der Waals surface area contributed by atoms with E-state index in [2.05, 4.69) is 16.5 Å². The number of hydrogen-bond acceptors (Lipinski definition) is 3. The summed E-state index contributed by atoms with van der Waals surface area (Å²) in [7, 11) is 5.43. The Kier molecular flexibility index (Phi) is 6.14. The van der Waals surface area contributed by atoms with E-state index in [1.807, 2.05) is 39.2 Å². The molecule has 2 aromatic rings. The van der Waals surface area contributed by atoms with Crippen LogP contribution in [-0.4, -0.2) is 29.8 Å². The average Bonchev–Trinajstić information content (AvgIpc) is 2.84. The maximum absolute atomic E-state index is 12.7. The van der Waals surface area contributed by atoms with Crippen molar-refractivity contribution >= 4 is 24.0 Å². The predicted octanol–water partition coefficient (Wildman–Crippen LogP) is 2.38. The fourth-order valence-corrected chi connectivity index (χ4v) is 2.49. The van der Waals surface area contributed by atoms with Gasteiger partial charge in [-0.05, 0) is 44.2 Å². The molecule has 5 nitrogen and oxygen atoms in total. The molecule has 0 aliphatic heterocycles. The zero-order chi connectivity index (χ0) is 15.6. The van der Waals surface area contributed by atoms with Crippen molar-refractivity contribution in [3.8, 4) is 0 Å². The standard InChI is InChI=1S/C16H22N4O.ClH/c1-11-6-12(2)8-14(7-11)20(5)16(21)15(17-3)13-9-18-19(4)10-13;/h6-10,15,17H,1-5H3;1H. The van der Waals surface area contributed by atoms with Crippen LogP contribution in [0.1, 0.15) is 22.7 Å². The molecule has 0 bridgehead atoms. The highest BCUT2D eigenvalue weighted by Crippen LogP contribution is 2.22. The largest absolute Gasteiger partial charge is 0.314 e. The molecule has 1 unspecified atom stereocenters. The number of rotatable bonds is 4. The van der Waals surface area contributed by atoms with E-state index in [1.165, 1.54) is 0 Å². The van der Waals surface area contributed by atoms with Crippen LogP contribution in [0.15, 0.2) is 30.6 Å². The zero-order valence-corrected chi connectivity index (χ0v) is 14.4. The molecule has 0 saturated heterocycles. The summed E-state index contributed by atoms with van der Waals surface area (Å²) in [6.07, 6.45) is 3.57. The van der Waals surface area contributed by atoms with Gasteiger partial charge in [-0.3, -0.25) is 9.48 Å². The molecule has 2 rings (SSSR count). The molecule has 1 N–H and O–H groups in total. The predicted molar refractivity (Wildman–Crippen MR) is 91.6 cm³/mol. The number of aromatic nitrogens is 2. The Morgan fingerprint density at radius 2 is 1.86 bits per heavy atom. The molecule has 6 heteroatoms. The normalized spacial score (nSPS) is 11.7. The summed E-state index contributed by atoms with van der Waals surface area (Å²) >= 11 is 0. The van der Waals surface area contributed by atoms with Gasteiger partial charge in [-0.2, -0.15) is 5.10 Å². The Morgan fingerprint density at radius 3 is 2.32 bits per heavy atom. The lowest BCUT2D eigenvalue weighted by molar-refractivity contribution is -0.120. The molecule has 1 heterocycles. The van der Waals surface area contributed by atoms with Gasteiger partial charge in [0.25, 0.3) is 0 Å². The molecule has 1 aromatic carbocycles. The van der Waals surface area contributed by atoms with Crippen molar-refractivity contribution in [1.29, 1.82) is 0 Å². The molecule has 1 amide bonds. The first-order valence-electron chi connectivity index (χ1n) is 6.94. The highest BCUT2D eigenvalue weighted by molar-refractivity contribution is 5.97. The van der Waals surface area contributed by atoms with E-state index in [9.17, 15) is 4.79 Å². The Hall–Kier alpha value is -1.85. The van der Waals surface area contributed by atoms with E-state index in [4.69, 9.17) is 0 Å². The van der Waals surface area contributed by atoms with Gasteiger partial charge in [0.15, 0.2) is 0 Å². The molecule has 22 heavy (non-hydrogen) atoms. The van der Waals surface area contributed by atoms with Gasteiger partial charge in [0.2, 0.25) is 5.91 Å². The van der Waals surface area contributed by atoms with Crippen LogP contribution >= 0.6 is 12.4 Å². The highest BCUT2D eigenvalue weighted by atomic mass is 35.5. The quantitative estimate of drug-likeness (QED) is 0.940. The minimum Gasteiger partial charge on any atom is -0.314 e. The van der Waals surface area contributed by atoms with Gasteiger partial charge in [0.05, 0.1) is 6.20 Å². The first-order chi connectivity index (χ1) is 9.92. The van der Waals surface area contributed by atoms with Crippen molar-refractivity contribution in [2.75, 3.05) is 19.0 Å². The van der Waals surface area contributed by atoms with Crippen LogP contribution in [0.3, 0.4) is 0 Å². The Labute approximate surface area is 137 Å². The van der Waals surface area contributed by atoms with Crippen LogP contribution in [-0.2, 0) is 11.8 Å². The number of carbonyl (C=O) groups excluding carboxylic acids is 1. The van der Waals surface area contributed by atoms with Gasteiger partial charge in [0, 0.05) is 31.5 Å². The fourth-order valence-electron chi connectivity index (χ4n) is 2.49. The summed E-state index contributed by atoms with van der Waals surface area (Å²) in [6, 6.07) is 5.73. The number of hydrogen-bond donors (Lipinski definition) is 1. The lowest BCUT2D eigenvalue weighted by atomic mass is 10.1. The molecule has 0 fully saturated rings. The fraction of sp³-hybridized carbons (Fsp3) is 0.375. The minimum atomic E-state index is -0.399. The van der Waals surface area contributed by atoms with Crippen LogP contribution in [0.25, 0.3) is 0 Å². The van der Waals surface area contributed by atoms with Gasteiger partial charge in [-0.25, -0.2) is 0 Å². The van der Waals surface area contributed by atoms with E-state index in [-0.39, 0.29) is 18.3 Å². The van der Waals surface area contributed by atoms with Crippen molar-refractivity contribution in [3.05, 3.63) is 47.3 Å². The van der Waals surface area contributed by atoms with Crippen LogP contribution in [0, 0.1) is 13.8 Å². The molecule has 120 valence electrons. The topological polar surface area (TPSA) is 50.2 Å². The molecule has 0 spiro atoms. The van der Waals surface area contributed by atoms with E-state index in [1.54, 1.807) is 29.9 Å². The van der Waals surface area contributed by atoms with Crippen LogP contribution in [0.5, 0.6) is 0 Å². The van der Waals surface area contributed by atoms with Crippen LogP contribution in [0.2, 0.25) is 0 Å². The van der Waals surface area contributed by atoms with Gasteiger partial charge in [0.1, 0.15) is 6.04 Å². The Morgan fingerprint density at radius 1 is 1.27 bits per heavy atom. The second-order valence-electron chi connectivity index (χ2n) is 5.41. The van der Waals surface area contributed by atoms with Crippen molar-refractivity contribution in [2.24, 2.45) is 7.05 Å². The van der Waals surface area contributed by atoms with Gasteiger partial charge < -0.3 is 10.2 Å². The smallest absolute Gasteiger partial charge is 0.248 e. The summed E-state index contributed by atoms with van der Waals surface area (Å²) in [4.78, 5) is 14.4. The third-order valence-corrected chi connectivity index (χ3v) is 3.52. The van der Waals surface area contributed by atoms with Crippen molar-refractivity contribution in [1.82, 2.24) is 15.1 Å². The number of likely N-dealkylation sites (N-methyl/N-ethyl adjacent to an activating group) is 2. The first-order valence-corrected chi connectivity index (χ1v) is 6.94. The Balaban J connectivity index is 0.00000242. The molecule has 0 saturated carbocycles. The third kappa shape index (κ3) is 3.87. The number of anilines is 1. The summed E-state index contributed by atoms with van der Waals surface area (Å²) < 4.78 is 1.70. The highest BCUT2D eigenvalue weighted by Gasteiger charge is 2.24.